The topological polar surface area (TPSA) is 122 Å². The van der Waals surface area contributed by atoms with Gasteiger partial charge in [-0.25, -0.2) is 4.52 Å². The Labute approximate surface area is 220 Å². The Morgan fingerprint density at radius 3 is 2.68 bits per heavy atom. The highest BCUT2D eigenvalue weighted by Crippen LogP contribution is 2.29. The second-order valence-corrected chi connectivity index (χ2v) is 10.1. The molecule has 0 spiro atoms. The average Bonchev–Trinajstić information content (AvgIpc) is 3.59. The van der Waals surface area contributed by atoms with Gasteiger partial charge in [-0.15, -0.1) is 5.10 Å². The number of anilines is 2. The van der Waals surface area contributed by atoms with Gasteiger partial charge in [0.25, 0.3) is 5.91 Å². The normalized spacial score (nSPS) is 15.8. The fraction of sp³-hybridized carbons (Fsp3) is 0.407. The average molecular weight is 514 g/mol. The second kappa shape index (κ2) is 10.3. The molecule has 0 aliphatic carbocycles. The fourth-order valence-electron chi connectivity index (χ4n) is 5.33. The third-order valence-corrected chi connectivity index (χ3v) is 7.36. The molecule has 0 radical (unpaired) electrons. The number of carbonyl (C=O) groups excluding carboxylic acids is 2. The summed E-state index contributed by atoms with van der Waals surface area (Å²) < 4.78 is 3.66. The summed E-state index contributed by atoms with van der Waals surface area (Å²) in [6.07, 6.45) is 12.2. The first-order valence-corrected chi connectivity index (χ1v) is 13.3. The maximum absolute atomic E-state index is 13.2. The molecule has 11 nitrogen and oxygen atoms in total. The van der Waals surface area contributed by atoms with Crippen LogP contribution in [0.1, 0.15) is 54.0 Å². The van der Waals surface area contributed by atoms with Gasteiger partial charge in [0.2, 0.25) is 5.91 Å². The van der Waals surface area contributed by atoms with Crippen molar-refractivity contribution in [2.24, 2.45) is 0 Å². The van der Waals surface area contributed by atoms with E-state index in [0.717, 1.165) is 56.4 Å². The number of nitrogens with zero attached hydrogens (tertiary/aromatic N) is 7. The maximum atomic E-state index is 13.2. The first kappa shape index (κ1) is 24.2. The lowest BCUT2D eigenvalue weighted by atomic mass is 10.1. The van der Waals surface area contributed by atoms with Crippen LogP contribution in [0.4, 0.5) is 11.4 Å². The first-order chi connectivity index (χ1) is 18.5. The van der Waals surface area contributed by atoms with Crippen LogP contribution in [0.25, 0.3) is 16.6 Å². The third kappa shape index (κ3) is 4.89. The van der Waals surface area contributed by atoms with Gasteiger partial charge in [-0.3, -0.25) is 24.2 Å². The first-order valence-electron chi connectivity index (χ1n) is 13.3. The van der Waals surface area contributed by atoms with Crippen molar-refractivity contribution in [3.63, 3.8) is 0 Å². The number of pyridine rings is 2. The van der Waals surface area contributed by atoms with Crippen LogP contribution in [0.2, 0.25) is 0 Å². The van der Waals surface area contributed by atoms with Crippen molar-refractivity contribution in [3.05, 3.63) is 53.9 Å². The minimum absolute atomic E-state index is 0.0843. The Hall–Kier alpha value is -4.12. The number of nitrogens with one attached hydrogen (secondary N) is 2. The molecule has 4 aromatic heterocycles. The molecule has 2 aliphatic rings. The number of rotatable bonds is 6. The van der Waals surface area contributed by atoms with Crippen LogP contribution in [0.15, 0.2) is 36.8 Å². The lowest BCUT2D eigenvalue weighted by molar-refractivity contribution is -0.117. The molecule has 6 rings (SSSR count). The van der Waals surface area contributed by atoms with Crippen molar-refractivity contribution in [2.75, 3.05) is 30.3 Å². The van der Waals surface area contributed by atoms with Gasteiger partial charge in [0.15, 0.2) is 5.69 Å². The van der Waals surface area contributed by atoms with Crippen molar-refractivity contribution < 1.29 is 9.59 Å². The van der Waals surface area contributed by atoms with E-state index in [0.29, 0.717) is 29.1 Å². The molecule has 4 aromatic rings. The van der Waals surface area contributed by atoms with Crippen LogP contribution in [0.3, 0.4) is 0 Å². The van der Waals surface area contributed by atoms with Gasteiger partial charge < -0.3 is 10.6 Å². The third-order valence-electron chi connectivity index (χ3n) is 7.36. The number of hydrogen-bond donors (Lipinski definition) is 2. The molecular weight excluding hydrogens is 482 g/mol. The largest absolute Gasteiger partial charge is 0.324 e. The monoisotopic (exact) mass is 513 g/mol. The Kier molecular flexibility index (Phi) is 6.59. The zero-order valence-electron chi connectivity index (χ0n) is 21.5. The minimum Gasteiger partial charge on any atom is -0.324 e. The van der Waals surface area contributed by atoms with Gasteiger partial charge >= 0.3 is 0 Å². The lowest BCUT2D eigenvalue weighted by Gasteiger charge is -2.19. The van der Waals surface area contributed by atoms with Crippen LogP contribution < -0.4 is 10.6 Å². The SMILES string of the molecule is Cc1ncc(NC(=O)CN2CCCCCC2)cc1NC(=O)c1nnn2cc(-c3cnn4c3CCC4)ccc12. The Balaban J connectivity index is 1.16. The second-order valence-electron chi connectivity index (χ2n) is 10.1. The molecule has 0 aromatic carbocycles. The summed E-state index contributed by atoms with van der Waals surface area (Å²) in [4.78, 5) is 32.4. The van der Waals surface area contributed by atoms with E-state index in [1.54, 1.807) is 23.7 Å². The van der Waals surface area contributed by atoms with Gasteiger partial charge in [-0.1, -0.05) is 24.1 Å². The molecule has 1 fully saturated rings. The smallest absolute Gasteiger partial charge is 0.278 e. The molecular formula is C27H31N9O2. The zero-order valence-corrected chi connectivity index (χ0v) is 21.5. The lowest BCUT2D eigenvalue weighted by Crippen LogP contribution is -2.34. The van der Waals surface area contributed by atoms with Crippen LogP contribution >= 0.6 is 0 Å². The molecule has 38 heavy (non-hydrogen) atoms. The molecule has 0 saturated carbocycles. The van der Waals surface area contributed by atoms with E-state index < -0.39 is 5.91 Å². The number of hydrogen-bond acceptors (Lipinski definition) is 7. The number of aromatic nitrogens is 6. The highest BCUT2D eigenvalue weighted by atomic mass is 16.2. The van der Waals surface area contributed by atoms with Gasteiger partial charge in [0.05, 0.1) is 41.5 Å². The molecule has 11 heteroatoms. The van der Waals surface area contributed by atoms with E-state index in [1.807, 2.05) is 29.2 Å². The molecule has 2 amide bonds. The molecule has 0 bridgehead atoms. The summed E-state index contributed by atoms with van der Waals surface area (Å²) in [5.74, 6) is -0.476. The predicted octanol–water partition coefficient (Wildman–Crippen LogP) is 3.31. The standard InChI is InChI=1S/C27H31N9O2/c1-18-22(13-20(14-28-18)30-25(37)17-34-10-4-2-3-5-11-34)31-27(38)26-24-9-8-19(16-36(24)33-32-26)21-15-29-35-12-6-7-23(21)35/h8-9,13-16H,2-7,10-12,17H2,1H3,(H,30,37)(H,31,38). The molecule has 196 valence electrons. The van der Waals surface area contributed by atoms with Crippen LogP contribution in [-0.4, -0.2) is 65.9 Å². The van der Waals surface area contributed by atoms with Crippen molar-refractivity contribution in [2.45, 2.75) is 52.0 Å². The predicted molar refractivity (Wildman–Crippen MR) is 143 cm³/mol. The van der Waals surface area contributed by atoms with Gasteiger partial charge in [-0.05, 0) is 57.8 Å². The van der Waals surface area contributed by atoms with Crippen molar-refractivity contribution in [1.82, 2.24) is 34.5 Å². The Morgan fingerprint density at radius 2 is 1.84 bits per heavy atom. The fourth-order valence-corrected chi connectivity index (χ4v) is 5.33. The maximum Gasteiger partial charge on any atom is 0.278 e. The molecule has 0 atom stereocenters. The van der Waals surface area contributed by atoms with E-state index in [-0.39, 0.29) is 11.6 Å². The molecule has 1 saturated heterocycles. The summed E-state index contributed by atoms with van der Waals surface area (Å²) in [6.45, 7) is 4.99. The number of likely N-dealkylation sites (tertiary alicyclic amines) is 1. The number of aryl methyl sites for hydroxylation is 2. The van der Waals surface area contributed by atoms with Crippen LogP contribution in [0.5, 0.6) is 0 Å². The minimum atomic E-state index is -0.392. The van der Waals surface area contributed by atoms with Crippen molar-refractivity contribution in [1.29, 1.82) is 0 Å². The number of fused-ring (bicyclic) bond motifs is 2. The van der Waals surface area contributed by atoms with Gasteiger partial charge in [-0.2, -0.15) is 5.10 Å². The van der Waals surface area contributed by atoms with Crippen molar-refractivity contribution >= 4 is 28.7 Å². The summed E-state index contributed by atoms with van der Waals surface area (Å²) >= 11 is 0. The van der Waals surface area contributed by atoms with Crippen LogP contribution in [0, 0.1) is 6.92 Å². The van der Waals surface area contributed by atoms with Crippen molar-refractivity contribution in [3.8, 4) is 11.1 Å². The summed E-state index contributed by atoms with van der Waals surface area (Å²) in [7, 11) is 0. The molecule has 6 heterocycles. The van der Waals surface area contributed by atoms with E-state index in [1.165, 1.54) is 18.5 Å². The van der Waals surface area contributed by atoms with Crippen LogP contribution in [-0.2, 0) is 17.8 Å². The Morgan fingerprint density at radius 1 is 1.00 bits per heavy atom. The van der Waals surface area contributed by atoms with Gasteiger partial charge in [0.1, 0.15) is 0 Å². The zero-order chi connectivity index (χ0) is 26.1. The van der Waals surface area contributed by atoms with E-state index in [2.05, 4.69) is 35.9 Å². The summed E-state index contributed by atoms with van der Waals surface area (Å²) in [6, 6.07) is 5.55. The van der Waals surface area contributed by atoms with E-state index in [4.69, 9.17) is 0 Å². The Bertz CT molecular complexity index is 1500. The quantitative estimate of drug-likeness (QED) is 0.406. The molecule has 2 N–H and O–H groups in total. The van der Waals surface area contributed by atoms with Gasteiger partial charge in [0, 0.05) is 29.6 Å². The highest BCUT2D eigenvalue weighted by Gasteiger charge is 2.21. The highest BCUT2D eigenvalue weighted by molar-refractivity contribution is 6.08. The number of carbonyl (C=O) groups is 2. The molecule has 0 unspecified atom stereocenters. The van der Waals surface area contributed by atoms with E-state index in [9.17, 15) is 9.59 Å². The number of amides is 2. The van der Waals surface area contributed by atoms with E-state index >= 15 is 0 Å². The summed E-state index contributed by atoms with van der Waals surface area (Å²) in [5, 5.41) is 18.6. The summed E-state index contributed by atoms with van der Waals surface area (Å²) in [5.41, 5.74) is 5.80. The molecule has 2 aliphatic heterocycles.